The molecule has 0 bridgehead atoms. The second-order valence-corrected chi connectivity index (χ2v) is 4.84. The number of carbonyl (C=O) groups excluding carboxylic acids is 4. The summed E-state index contributed by atoms with van der Waals surface area (Å²) < 4.78 is 0. The first-order valence-corrected chi connectivity index (χ1v) is 5.94. The molecule has 0 spiro atoms. The third kappa shape index (κ3) is 2.05. The predicted molar refractivity (Wildman–Crippen MR) is 64.6 cm³/mol. The molecule has 3 amide bonds. The van der Waals surface area contributed by atoms with Crippen LogP contribution in [0.5, 0.6) is 0 Å². The van der Waals surface area contributed by atoms with Gasteiger partial charge in [0.2, 0.25) is 11.0 Å². The normalized spacial score (nSPS) is 27.6. The van der Waals surface area contributed by atoms with Crippen molar-refractivity contribution in [3.8, 4) is 0 Å². The Balaban J connectivity index is 2.18. The Hall–Kier alpha value is -1.63. The van der Waals surface area contributed by atoms with Crippen molar-refractivity contribution in [2.75, 3.05) is 6.54 Å². The Bertz CT molecular complexity index is 456. The molecule has 6 nitrogen and oxygen atoms in total. The number of amides is 3. The average Bonchev–Trinajstić information content (AvgIpc) is 2.73. The van der Waals surface area contributed by atoms with Gasteiger partial charge in [0, 0.05) is 18.2 Å². The summed E-state index contributed by atoms with van der Waals surface area (Å²) in [7, 11) is 0. The molecule has 0 aromatic rings. The first-order chi connectivity index (χ1) is 8.41. The molecule has 2 rings (SSSR count). The number of imide groups is 1. The summed E-state index contributed by atoms with van der Waals surface area (Å²) in [5, 5.41) is -0.423. The van der Waals surface area contributed by atoms with Crippen LogP contribution in [0.4, 0.5) is 0 Å². The fraction of sp³-hybridized carbons (Fsp3) is 0.455. The number of thiol groups is 1. The lowest BCUT2D eigenvalue weighted by Crippen LogP contribution is -2.45. The summed E-state index contributed by atoms with van der Waals surface area (Å²) in [6, 6.07) is -0.998. The Morgan fingerprint density at radius 1 is 1.33 bits per heavy atom. The van der Waals surface area contributed by atoms with E-state index in [1.807, 2.05) is 0 Å². The van der Waals surface area contributed by atoms with E-state index in [0.29, 0.717) is 6.42 Å². The molecule has 2 aliphatic rings. The molecule has 2 aliphatic heterocycles. The second-order valence-electron chi connectivity index (χ2n) is 4.34. The van der Waals surface area contributed by atoms with E-state index < -0.39 is 23.0 Å². The highest BCUT2D eigenvalue weighted by molar-refractivity contribution is 7.96. The van der Waals surface area contributed by atoms with Gasteiger partial charge in [-0.2, -0.15) is 0 Å². The summed E-state index contributed by atoms with van der Waals surface area (Å²) in [5.74, 6) is -1.34. The van der Waals surface area contributed by atoms with Crippen molar-refractivity contribution in [3.05, 3.63) is 12.2 Å². The van der Waals surface area contributed by atoms with Gasteiger partial charge >= 0.3 is 0 Å². The van der Waals surface area contributed by atoms with Crippen LogP contribution >= 0.6 is 12.6 Å². The predicted octanol–water partition coefficient (Wildman–Crippen LogP) is -0.643. The highest BCUT2D eigenvalue weighted by Crippen LogP contribution is 2.25. The summed E-state index contributed by atoms with van der Waals surface area (Å²) in [6.07, 6.45) is 2.64. The van der Waals surface area contributed by atoms with Crippen LogP contribution in [0.1, 0.15) is 13.3 Å². The van der Waals surface area contributed by atoms with Crippen LogP contribution < -0.4 is 0 Å². The molecule has 0 aromatic carbocycles. The van der Waals surface area contributed by atoms with Crippen molar-refractivity contribution < 1.29 is 19.2 Å². The molecule has 1 saturated heterocycles. The number of rotatable bonds is 3. The second kappa shape index (κ2) is 4.56. The van der Waals surface area contributed by atoms with E-state index in [2.05, 4.69) is 12.6 Å². The zero-order valence-electron chi connectivity index (χ0n) is 9.70. The van der Waals surface area contributed by atoms with Gasteiger partial charge in [-0.05, 0) is 13.3 Å². The van der Waals surface area contributed by atoms with Crippen molar-refractivity contribution in [2.24, 2.45) is 0 Å². The number of hydrogen-bond acceptors (Lipinski definition) is 4. The summed E-state index contributed by atoms with van der Waals surface area (Å²) >= 11 is 3.64. The van der Waals surface area contributed by atoms with Gasteiger partial charge in [0.05, 0.1) is 6.54 Å². The Morgan fingerprint density at radius 3 is 2.39 bits per heavy atom. The molecule has 2 atom stereocenters. The van der Waals surface area contributed by atoms with Crippen molar-refractivity contribution in [3.63, 3.8) is 0 Å². The van der Waals surface area contributed by atoms with Gasteiger partial charge in [-0.3, -0.25) is 24.1 Å². The molecule has 2 unspecified atom stereocenters. The largest absolute Gasteiger partial charge is 0.330 e. The van der Waals surface area contributed by atoms with Crippen LogP contribution in [0, 0.1) is 0 Å². The standard InChI is InChI=1S/C11H12N2O4S/c1-6-4-7(11(17)12(6)5-10(16)18)13-8(14)2-3-9(13)15/h2-3,6-7H,4-5H2,1H3,(H,16,18). The van der Waals surface area contributed by atoms with Crippen LogP contribution in [-0.2, 0) is 19.2 Å². The van der Waals surface area contributed by atoms with Crippen molar-refractivity contribution in [1.29, 1.82) is 0 Å². The SMILES string of the molecule is CC1CC(N2C(=O)C=CC2=O)C(=O)N1CC(=O)S. The molecule has 18 heavy (non-hydrogen) atoms. The van der Waals surface area contributed by atoms with Crippen LogP contribution in [0.25, 0.3) is 0 Å². The third-order valence-corrected chi connectivity index (χ3v) is 3.27. The van der Waals surface area contributed by atoms with Gasteiger partial charge in [-0.25, -0.2) is 0 Å². The molecule has 1 fully saturated rings. The maximum atomic E-state index is 12.1. The molecular formula is C11H12N2O4S. The van der Waals surface area contributed by atoms with E-state index in [1.54, 1.807) is 6.92 Å². The molecule has 0 radical (unpaired) electrons. The highest BCUT2D eigenvalue weighted by atomic mass is 32.1. The molecule has 0 saturated carbocycles. The summed E-state index contributed by atoms with van der Waals surface area (Å²) in [6.45, 7) is 1.66. The minimum absolute atomic E-state index is 0.108. The molecule has 7 heteroatoms. The number of likely N-dealkylation sites (tertiary alicyclic amines) is 1. The highest BCUT2D eigenvalue weighted by Gasteiger charge is 2.45. The Kier molecular flexibility index (Phi) is 3.25. The molecular weight excluding hydrogens is 256 g/mol. The summed E-state index contributed by atoms with van der Waals surface area (Å²) in [5.41, 5.74) is 0. The molecule has 0 N–H and O–H groups in total. The third-order valence-electron chi connectivity index (χ3n) is 3.13. The first-order valence-electron chi connectivity index (χ1n) is 5.49. The fourth-order valence-corrected chi connectivity index (χ4v) is 2.43. The van der Waals surface area contributed by atoms with E-state index in [1.165, 1.54) is 4.90 Å². The summed E-state index contributed by atoms with van der Waals surface area (Å²) in [4.78, 5) is 48.4. The van der Waals surface area contributed by atoms with Gasteiger partial charge < -0.3 is 4.90 Å². The van der Waals surface area contributed by atoms with Gasteiger partial charge in [0.1, 0.15) is 6.04 Å². The monoisotopic (exact) mass is 268 g/mol. The smallest absolute Gasteiger partial charge is 0.254 e. The lowest BCUT2D eigenvalue weighted by molar-refractivity contribution is -0.146. The van der Waals surface area contributed by atoms with Crippen molar-refractivity contribution in [2.45, 2.75) is 25.4 Å². The molecule has 0 aromatic heterocycles. The van der Waals surface area contributed by atoms with E-state index >= 15 is 0 Å². The Labute approximate surface area is 109 Å². The quantitative estimate of drug-likeness (QED) is 0.545. The van der Waals surface area contributed by atoms with Crippen LogP contribution in [-0.4, -0.2) is 51.3 Å². The van der Waals surface area contributed by atoms with E-state index in [-0.39, 0.29) is 18.5 Å². The zero-order valence-corrected chi connectivity index (χ0v) is 10.6. The van der Waals surface area contributed by atoms with Crippen molar-refractivity contribution in [1.82, 2.24) is 9.80 Å². The van der Waals surface area contributed by atoms with E-state index in [9.17, 15) is 19.2 Å². The van der Waals surface area contributed by atoms with Crippen LogP contribution in [0.3, 0.4) is 0 Å². The van der Waals surface area contributed by atoms with E-state index in [0.717, 1.165) is 17.1 Å². The number of hydrogen-bond donors (Lipinski definition) is 1. The number of nitrogens with zero attached hydrogens (tertiary/aromatic N) is 2. The van der Waals surface area contributed by atoms with Gasteiger partial charge in [0.25, 0.3) is 11.8 Å². The maximum Gasteiger partial charge on any atom is 0.254 e. The minimum Gasteiger partial charge on any atom is -0.330 e. The maximum absolute atomic E-state index is 12.1. The van der Waals surface area contributed by atoms with Crippen LogP contribution in [0.2, 0.25) is 0 Å². The van der Waals surface area contributed by atoms with E-state index in [4.69, 9.17) is 0 Å². The molecule has 0 aliphatic carbocycles. The Morgan fingerprint density at radius 2 is 1.89 bits per heavy atom. The minimum atomic E-state index is -0.803. The lowest BCUT2D eigenvalue weighted by Gasteiger charge is -2.21. The lowest BCUT2D eigenvalue weighted by atomic mass is 10.1. The number of carbonyl (C=O) groups is 4. The molecule has 96 valence electrons. The van der Waals surface area contributed by atoms with Gasteiger partial charge in [-0.15, -0.1) is 12.6 Å². The van der Waals surface area contributed by atoms with Crippen molar-refractivity contribution >= 4 is 35.5 Å². The fourth-order valence-electron chi connectivity index (χ4n) is 2.27. The topological polar surface area (TPSA) is 74.8 Å². The first kappa shape index (κ1) is 12.8. The zero-order chi connectivity index (χ0) is 13.4. The van der Waals surface area contributed by atoms with Gasteiger partial charge in [0.15, 0.2) is 0 Å². The molecule has 2 heterocycles. The van der Waals surface area contributed by atoms with Gasteiger partial charge in [-0.1, -0.05) is 0 Å². The average molecular weight is 268 g/mol. The van der Waals surface area contributed by atoms with Crippen LogP contribution in [0.15, 0.2) is 12.2 Å².